The Labute approximate surface area is 91.6 Å². The summed E-state index contributed by atoms with van der Waals surface area (Å²) in [4.78, 5) is 13.5. The van der Waals surface area contributed by atoms with Gasteiger partial charge in [0.1, 0.15) is 5.54 Å². The maximum Gasteiger partial charge on any atom is 0.323 e. The number of likely N-dealkylation sites (tertiary alicyclic amines) is 1. The van der Waals surface area contributed by atoms with E-state index < -0.39 is 11.5 Å². The van der Waals surface area contributed by atoms with Gasteiger partial charge in [0.15, 0.2) is 0 Å². The van der Waals surface area contributed by atoms with Crippen LogP contribution in [0.2, 0.25) is 0 Å². The zero-order valence-corrected chi connectivity index (χ0v) is 9.92. The molecule has 4 heteroatoms. The lowest BCUT2D eigenvalue weighted by atomic mass is 9.87. The number of nitrogens with zero attached hydrogens (tertiary/aromatic N) is 1. The number of hydrogen-bond acceptors (Lipinski definition) is 3. The Morgan fingerprint density at radius 3 is 2.40 bits per heavy atom. The van der Waals surface area contributed by atoms with Crippen LogP contribution in [0.5, 0.6) is 0 Å². The van der Waals surface area contributed by atoms with Crippen molar-refractivity contribution in [2.24, 2.45) is 0 Å². The van der Waals surface area contributed by atoms with E-state index in [-0.39, 0.29) is 0 Å². The summed E-state index contributed by atoms with van der Waals surface area (Å²) in [6.07, 6.45) is 2.52. The number of carboxylic acids is 1. The van der Waals surface area contributed by atoms with Crippen molar-refractivity contribution in [1.29, 1.82) is 0 Å². The minimum atomic E-state index is -0.714. The molecule has 15 heavy (non-hydrogen) atoms. The van der Waals surface area contributed by atoms with E-state index in [1.165, 1.54) is 0 Å². The van der Waals surface area contributed by atoms with Crippen LogP contribution in [0.15, 0.2) is 0 Å². The molecule has 0 radical (unpaired) electrons. The van der Waals surface area contributed by atoms with Crippen LogP contribution in [-0.2, 0) is 4.79 Å². The molecule has 1 aliphatic rings. The summed E-state index contributed by atoms with van der Waals surface area (Å²) in [6, 6.07) is 0.564. The topological polar surface area (TPSA) is 52.6 Å². The van der Waals surface area contributed by atoms with Crippen molar-refractivity contribution in [1.82, 2.24) is 10.2 Å². The fourth-order valence-corrected chi connectivity index (χ4v) is 2.18. The van der Waals surface area contributed by atoms with Gasteiger partial charge >= 0.3 is 5.97 Å². The minimum Gasteiger partial charge on any atom is -0.480 e. The number of aliphatic carboxylic acids is 1. The van der Waals surface area contributed by atoms with Crippen LogP contribution >= 0.6 is 0 Å². The Balaban J connectivity index is 2.57. The SMILES string of the molecule is CCC(C)N1CCC(NC)(C(=O)O)CC1. The van der Waals surface area contributed by atoms with Gasteiger partial charge < -0.3 is 15.3 Å². The van der Waals surface area contributed by atoms with Crippen molar-refractivity contribution >= 4 is 5.97 Å². The fraction of sp³-hybridized carbons (Fsp3) is 0.909. The molecular formula is C11H22N2O2. The Kier molecular flexibility index (Phi) is 4.11. The van der Waals surface area contributed by atoms with Crippen LogP contribution in [0.25, 0.3) is 0 Å². The van der Waals surface area contributed by atoms with Gasteiger partial charge in [0.2, 0.25) is 0 Å². The summed E-state index contributed by atoms with van der Waals surface area (Å²) >= 11 is 0. The monoisotopic (exact) mass is 214 g/mol. The van der Waals surface area contributed by atoms with Gasteiger partial charge in [0.25, 0.3) is 0 Å². The lowest BCUT2D eigenvalue weighted by Gasteiger charge is -2.41. The standard InChI is InChI=1S/C11H22N2O2/c1-4-9(2)13-7-5-11(12-3,6-8-13)10(14)15/h9,12H,4-8H2,1-3H3,(H,14,15). The van der Waals surface area contributed by atoms with Gasteiger partial charge in [0.05, 0.1) is 0 Å². The first-order valence-electron chi connectivity index (χ1n) is 5.72. The van der Waals surface area contributed by atoms with Gasteiger partial charge in [0, 0.05) is 19.1 Å². The van der Waals surface area contributed by atoms with E-state index in [0.29, 0.717) is 18.9 Å². The predicted octanol–water partition coefficient (Wildman–Crippen LogP) is 0.923. The van der Waals surface area contributed by atoms with Gasteiger partial charge in [-0.3, -0.25) is 4.79 Å². The molecule has 1 rings (SSSR count). The molecule has 88 valence electrons. The quantitative estimate of drug-likeness (QED) is 0.731. The second-order valence-electron chi connectivity index (χ2n) is 4.43. The van der Waals surface area contributed by atoms with E-state index in [9.17, 15) is 9.90 Å². The molecule has 0 amide bonds. The summed E-state index contributed by atoms with van der Waals surface area (Å²) in [5.74, 6) is -0.714. The lowest BCUT2D eigenvalue weighted by Crippen LogP contribution is -2.58. The molecule has 0 spiro atoms. The Morgan fingerprint density at radius 2 is 2.07 bits per heavy atom. The molecular weight excluding hydrogens is 192 g/mol. The molecule has 1 heterocycles. The summed E-state index contributed by atoms with van der Waals surface area (Å²) < 4.78 is 0. The van der Waals surface area contributed by atoms with Crippen molar-refractivity contribution in [3.8, 4) is 0 Å². The molecule has 1 saturated heterocycles. The number of piperidine rings is 1. The van der Waals surface area contributed by atoms with E-state index in [2.05, 4.69) is 24.1 Å². The van der Waals surface area contributed by atoms with Crippen molar-refractivity contribution in [2.75, 3.05) is 20.1 Å². The van der Waals surface area contributed by atoms with Gasteiger partial charge in [-0.2, -0.15) is 0 Å². The van der Waals surface area contributed by atoms with Crippen LogP contribution in [0.3, 0.4) is 0 Å². The number of nitrogens with one attached hydrogen (secondary N) is 1. The first-order valence-corrected chi connectivity index (χ1v) is 5.72. The largest absolute Gasteiger partial charge is 0.480 e. The second kappa shape index (κ2) is 4.94. The summed E-state index contributed by atoms with van der Waals surface area (Å²) in [5, 5.41) is 12.2. The third kappa shape index (κ3) is 2.49. The Bertz CT molecular complexity index is 223. The summed E-state index contributed by atoms with van der Waals surface area (Å²) in [6.45, 7) is 6.12. The fourth-order valence-electron chi connectivity index (χ4n) is 2.18. The van der Waals surface area contributed by atoms with Gasteiger partial charge in [-0.15, -0.1) is 0 Å². The number of hydrogen-bond donors (Lipinski definition) is 2. The van der Waals surface area contributed by atoms with Crippen molar-refractivity contribution in [3.63, 3.8) is 0 Å². The van der Waals surface area contributed by atoms with Crippen LogP contribution in [-0.4, -0.2) is 47.7 Å². The highest BCUT2D eigenvalue weighted by Crippen LogP contribution is 2.24. The molecule has 1 atom stereocenters. The zero-order valence-electron chi connectivity index (χ0n) is 9.92. The van der Waals surface area contributed by atoms with Crippen LogP contribution in [0.4, 0.5) is 0 Å². The van der Waals surface area contributed by atoms with E-state index >= 15 is 0 Å². The highest BCUT2D eigenvalue weighted by Gasteiger charge is 2.40. The normalized spacial score (nSPS) is 23.7. The molecule has 1 fully saturated rings. The molecule has 2 N–H and O–H groups in total. The third-order valence-corrected chi connectivity index (χ3v) is 3.75. The molecule has 0 bridgehead atoms. The Morgan fingerprint density at radius 1 is 1.53 bits per heavy atom. The highest BCUT2D eigenvalue weighted by molar-refractivity contribution is 5.78. The Hall–Kier alpha value is -0.610. The molecule has 0 aromatic carbocycles. The first-order chi connectivity index (χ1) is 7.05. The summed E-state index contributed by atoms with van der Waals surface area (Å²) in [5.41, 5.74) is -0.691. The lowest BCUT2D eigenvalue weighted by molar-refractivity contribution is -0.147. The second-order valence-corrected chi connectivity index (χ2v) is 4.43. The average molecular weight is 214 g/mol. The van der Waals surface area contributed by atoms with Crippen LogP contribution < -0.4 is 5.32 Å². The predicted molar refractivity (Wildman–Crippen MR) is 60.0 cm³/mol. The molecule has 1 unspecified atom stereocenters. The van der Waals surface area contributed by atoms with E-state index in [1.54, 1.807) is 7.05 Å². The van der Waals surface area contributed by atoms with Crippen molar-refractivity contribution < 1.29 is 9.90 Å². The number of carbonyl (C=O) groups is 1. The van der Waals surface area contributed by atoms with E-state index in [4.69, 9.17) is 0 Å². The minimum absolute atomic E-state index is 0.564. The van der Waals surface area contributed by atoms with E-state index in [0.717, 1.165) is 19.5 Å². The smallest absolute Gasteiger partial charge is 0.323 e. The molecule has 0 saturated carbocycles. The van der Waals surface area contributed by atoms with E-state index in [1.807, 2.05) is 0 Å². The number of likely N-dealkylation sites (N-methyl/N-ethyl adjacent to an activating group) is 1. The average Bonchev–Trinajstić information content (AvgIpc) is 2.28. The van der Waals surface area contributed by atoms with Crippen LogP contribution in [0, 0.1) is 0 Å². The van der Waals surface area contributed by atoms with Crippen molar-refractivity contribution in [3.05, 3.63) is 0 Å². The zero-order chi connectivity index (χ0) is 11.5. The van der Waals surface area contributed by atoms with Crippen LogP contribution in [0.1, 0.15) is 33.1 Å². The number of rotatable bonds is 4. The molecule has 0 aliphatic carbocycles. The maximum absolute atomic E-state index is 11.2. The highest BCUT2D eigenvalue weighted by atomic mass is 16.4. The molecule has 1 aliphatic heterocycles. The van der Waals surface area contributed by atoms with Crippen molar-refractivity contribution in [2.45, 2.75) is 44.7 Å². The molecule has 0 aromatic heterocycles. The summed E-state index contributed by atoms with van der Waals surface area (Å²) in [7, 11) is 1.74. The molecule has 0 aromatic rings. The van der Waals surface area contributed by atoms with Gasteiger partial charge in [-0.25, -0.2) is 0 Å². The number of carboxylic acid groups (broad SMARTS) is 1. The third-order valence-electron chi connectivity index (χ3n) is 3.75. The van der Waals surface area contributed by atoms with Gasteiger partial charge in [-0.1, -0.05) is 6.92 Å². The molecule has 4 nitrogen and oxygen atoms in total. The maximum atomic E-state index is 11.2. The van der Waals surface area contributed by atoms with Gasteiger partial charge in [-0.05, 0) is 33.2 Å². The first kappa shape index (κ1) is 12.5.